The highest BCUT2D eigenvalue weighted by Gasteiger charge is 2.19. The van der Waals surface area contributed by atoms with Crippen LogP contribution in [0.4, 0.5) is 5.69 Å². The van der Waals surface area contributed by atoms with Gasteiger partial charge in [-0.15, -0.1) is 0 Å². The number of aromatic nitrogens is 1. The van der Waals surface area contributed by atoms with Gasteiger partial charge in [0.15, 0.2) is 0 Å². The lowest BCUT2D eigenvalue weighted by Gasteiger charge is -2.02. The van der Waals surface area contributed by atoms with E-state index in [9.17, 15) is 15.2 Å². The van der Waals surface area contributed by atoms with Crippen LogP contribution in [0.25, 0.3) is 10.9 Å². The smallest absolute Gasteiger partial charge is 0.314 e. The van der Waals surface area contributed by atoms with Crippen LogP contribution in [0.3, 0.4) is 0 Å². The first kappa shape index (κ1) is 8.43. The second kappa shape index (κ2) is 3.36. The van der Waals surface area contributed by atoms with Crippen molar-refractivity contribution in [3.63, 3.8) is 0 Å². The molecule has 0 amide bonds. The summed E-state index contributed by atoms with van der Waals surface area (Å²) in [5.41, 5.74) is -0.553. The van der Waals surface area contributed by atoms with E-state index in [1.807, 2.05) is 0 Å². The maximum Gasteiger partial charge on any atom is 0.314 e. The molecule has 6 heteroatoms. The molecule has 0 radical (unpaired) electrons. The minimum atomic E-state index is -0.751. The number of hydrogen-bond donors (Lipinski definition) is 1. The molecule has 0 saturated heterocycles. The molecule has 1 aromatic carbocycles. The Bertz CT molecular complexity index is 603. The molecule has 0 spiro atoms. The molecule has 1 heterocycles. The second-order valence-corrected chi connectivity index (χ2v) is 3.23. The molecule has 1 aromatic heterocycles. The highest BCUT2D eigenvalue weighted by Crippen LogP contribution is 2.37. The summed E-state index contributed by atoms with van der Waals surface area (Å²) in [5.74, 6) is -0.571. The van der Waals surface area contributed by atoms with Crippen molar-refractivity contribution in [2.24, 2.45) is 0 Å². The van der Waals surface area contributed by atoms with E-state index < -0.39 is 16.4 Å². The number of phenols is 1. The third kappa shape index (κ3) is 1.46. The summed E-state index contributed by atoms with van der Waals surface area (Å²) in [6, 6.07) is 3.93. The molecule has 0 bridgehead atoms. The van der Waals surface area contributed by atoms with E-state index in [0.29, 0.717) is 5.39 Å². The molecule has 0 aliphatic rings. The average Bonchev–Trinajstić information content (AvgIpc) is 2.22. The monoisotopic (exact) mass is 225 g/mol. The van der Waals surface area contributed by atoms with Crippen LogP contribution in [0.5, 0.6) is 5.75 Å². The summed E-state index contributed by atoms with van der Waals surface area (Å²) in [6.45, 7) is 0. The van der Waals surface area contributed by atoms with E-state index in [0.717, 1.165) is 6.07 Å². The number of fused-ring (bicyclic) bond motifs is 1. The van der Waals surface area contributed by atoms with Crippen molar-refractivity contribution in [1.29, 1.82) is 0 Å². The summed E-state index contributed by atoms with van der Waals surface area (Å²) in [4.78, 5) is 13.6. The Kier molecular flexibility index (Phi) is 1.89. The Hall–Kier alpha value is -1.88. The maximum absolute atomic E-state index is 10.6. The molecular weight excluding hydrogens is 220 g/mol. The number of rotatable bonds is 1. The lowest BCUT2D eigenvalue weighted by atomic mass is 10.2. The van der Waals surface area contributed by atoms with Crippen LogP contribution in [-0.2, 0) is 0 Å². The summed E-state index contributed by atoms with van der Waals surface area (Å²) < 4.78 is 7.29. The Morgan fingerprint density at radius 3 is 3.07 bits per heavy atom. The molecule has 1 N–H and O–H groups in total. The number of nitro groups is 1. The second-order valence-electron chi connectivity index (χ2n) is 2.82. The molecule has 2 aromatic rings. The topological polar surface area (TPSA) is 76.3 Å². The van der Waals surface area contributed by atoms with Crippen molar-refractivity contribution in [2.45, 2.75) is 0 Å². The van der Waals surface area contributed by atoms with Gasteiger partial charge in [-0.1, -0.05) is 11.6 Å². The van der Waals surface area contributed by atoms with Gasteiger partial charge in [0.05, 0.1) is 11.3 Å². The normalized spacial score (nSPS) is 11.4. The molecular formula is C9H5ClN2O3. The van der Waals surface area contributed by atoms with Crippen LogP contribution in [0, 0.1) is 10.1 Å². The van der Waals surface area contributed by atoms with Crippen molar-refractivity contribution in [3.8, 4) is 5.75 Å². The summed E-state index contributed by atoms with van der Waals surface area (Å²) >= 11 is 5.81. The minimum absolute atomic E-state index is 0.0355. The molecule has 15 heavy (non-hydrogen) atoms. The van der Waals surface area contributed by atoms with Gasteiger partial charge in [0.2, 0.25) is 5.75 Å². The van der Waals surface area contributed by atoms with E-state index in [1.165, 1.54) is 12.1 Å². The van der Waals surface area contributed by atoms with E-state index in [2.05, 4.69) is 4.98 Å². The van der Waals surface area contributed by atoms with Crippen LogP contribution < -0.4 is 0 Å². The Labute approximate surface area is 90.5 Å². The quantitative estimate of drug-likeness (QED) is 0.598. The Balaban J connectivity index is 2.91. The molecule has 0 unspecified atom stereocenters. The van der Waals surface area contributed by atoms with Gasteiger partial charge >= 0.3 is 5.69 Å². The van der Waals surface area contributed by atoms with Crippen molar-refractivity contribution >= 4 is 28.2 Å². The first-order chi connectivity index (χ1) is 7.50. The standard InChI is InChI=1S/C9H5ClN2O3/c10-6-4-7(12(14)15)9(13)8-5(6)2-1-3-11-8/h1-4,13H/i3D. The SMILES string of the molecule is [2H]c1ccc2c(Cl)cc([N+](=O)[O-])c(O)c2n1. The number of pyridine rings is 1. The molecule has 0 saturated carbocycles. The molecule has 76 valence electrons. The molecule has 0 fully saturated rings. The highest BCUT2D eigenvalue weighted by molar-refractivity contribution is 6.36. The van der Waals surface area contributed by atoms with E-state index >= 15 is 0 Å². The van der Waals surface area contributed by atoms with Gasteiger partial charge in [-0.05, 0) is 12.1 Å². The molecule has 0 aliphatic heterocycles. The molecule has 0 atom stereocenters. The number of benzene rings is 1. The molecule has 0 aliphatic carbocycles. The van der Waals surface area contributed by atoms with Gasteiger partial charge in [-0.25, -0.2) is 0 Å². The summed E-state index contributed by atoms with van der Waals surface area (Å²) in [6.07, 6.45) is -0.0978. The number of phenolic OH excluding ortho intramolecular Hbond substituents is 1. The largest absolute Gasteiger partial charge is 0.501 e. The Morgan fingerprint density at radius 1 is 1.67 bits per heavy atom. The van der Waals surface area contributed by atoms with Gasteiger partial charge < -0.3 is 5.11 Å². The number of halogens is 1. The fourth-order valence-electron chi connectivity index (χ4n) is 1.26. The van der Waals surface area contributed by atoms with Crippen molar-refractivity contribution in [2.75, 3.05) is 0 Å². The van der Waals surface area contributed by atoms with Crippen LogP contribution in [0.2, 0.25) is 5.02 Å². The van der Waals surface area contributed by atoms with E-state index in [-0.39, 0.29) is 16.7 Å². The first-order valence-corrected chi connectivity index (χ1v) is 4.31. The predicted molar refractivity (Wildman–Crippen MR) is 55.1 cm³/mol. The predicted octanol–water partition coefficient (Wildman–Crippen LogP) is 2.50. The average molecular weight is 226 g/mol. The van der Waals surface area contributed by atoms with Crippen LogP contribution >= 0.6 is 11.6 Å². The van der Waals surface area contributed by atoms with Gasteiger partial charge in [0.1, 0.15) is 5.52 Å². The third-order valence-electron chi connectivity index (χ3n) is 1.94. The zero-order valence-corrected chi connectivity index (χ0v) is 8.02. The van der Waals surface area contributed by atoms with E-state index in [4.69, 9.17) is 13.0 Å². The number of nitro benzene ring substituents is 1. The van der Waals surface area contributed by atoms with Crippen LogP contribution in [-0.4, -0.2) is 15.0 Å². The number of hydrogen-bond acceptors (Lipinski definition) is 4. The maximum atomic E-state index is 10.6. The number of nitrogens with zero attached hydrogens (tertiary/aromatic N) is 2. The van der Waals surface area contributed by atoms with Crippen LogP contribution in [0.15, 0.2) is 24.4 Å². The number of aromatic hydroxyl groups is 1. The summed E-state index contributed by atoms with van der Waals surface area (Å²) in [5, 5.41) is 20.7. The van der Waals surface area contributed by atoms with Gasteiger partial charge in [0.25, 0.3) is 0 Å². The fraction of sp³-hybridized carbons (Fsp3) is 0. The lowest BCUT2D eigenvalue weighted by Crippen LogP contribution is -1.91. The van der Waals surface area contributed by atoms with Crippen molar-refractivity contribution in [1.82, 2.24) is 4.98 Å². The Morgan fingerprint density at radius 2 is 2.40 bits per heavy atom. The molecule has 5 nitrogen and oxygen atoms in total. The summed E-state index contributed by atoms with van der Waals surface area (Å²) in [7, 11) is 0. The third-order valence-corrected chi connectivity index (χ3v) is 2.25. The zero-order valence-electron chi connectivity index (χ0n) is 8.27. The molecule has 2 rings (SSSR count). The van der Waals surface area contributed by atoms with Gasteiger partial charge in [-0.2, -0.15) is 0 Å². The van der Waals surface area contributed by atoms with Crippen molar-refractivity contribution in [3.05, 3.63) is 39.5 Å². The fourth-order valence-corrected chi connectivity index (χ4v) is 1.52. The minimum Gasteiger partial charge on any atom is -0.501 e. The first-order valence-electron chi connectivity index (χ1n) is 4.44. The lowest BCUT2D eigenvalue weighted by molar-refractivity contribution is -0.385. The van der Waals surface area contributed by atoms with E-state index in [1.54, 1.807) is 0 Å². The van der Waals surface area contributed by atoms with Gasteiger partial charge in [0, 0.05) is 17.6 Å². The zero-order chi connectivity index (χ0) is 11.9. The van der Waals surface area contributed by atoms with Crippen molar-refractivity contribution < 1.29 is 11.4 Å². The highest BCUT2D eigenvalue weighted by atomic mass is 35.5. The van der Waals surface area contributed by atoms with Gasteiger partial charge in [-0.3, -0.25) is 15.1 Å². The van der Waals surface area contributed by atoms with Crippen LogP contribution in [0.1, 0.15) is 1.37 Å².